The summed E-state index contributed by atoms with van der Waals surface area (Å²) in [6.45, 7) is 4.53. The Balaban J connectivity index is 2.38. The second-order valence-electron chi connectivity index (χ2n) is 5.22. The zero-order valence-electron chi connectivity index (χ0n) is 13.2. The first-order chi connectivity index (χ1) is 11.5. The molecule has 6 nitrogen and oxygen atoms in total. The monoisotopic (exact) mass is 342 g/mol. The minimum absolute atomic E-state index is 0.367. The molecule has 0 amide bonds. The van der Waals surface area contributed by atoms with Gasteiger partial charge in [0.1, 0.15) is 5.15 Å². The lowest BCUT2D eigenvalue weighted by atomic mass is 9.97. The fourth-order valence-electron chi connectivity index (χ4n) is 2.68. The number of pyridine rings is 2. The van der Waals surface area contributed by atoms with Crippen LogP contribution in [0.4, 0.5) is 0 Å². The molecule has 3 aromatic rings. The normalized spacial score (nSPS) is 11.5. The maximum absolute atomic E-state index is 10.9. The van der Waals surface area contributed by atoms with Crippen LogP contribution in [0.15, 0.2) is 30.6 Å². The van der Waals surface area contributed by atoms with E-state index in [2.05, 4.69) is 15.1 Å². The average Bonchev–Trinajstić information content (AvgIpc) is 2.94. The Labute approximate surface area is 143 Å². The van der Waals surface area contributed by atoms with Gasteiger partial charge < -0.3 is 5.11 Å². The highest BCUT2D eigenvalue weighted by atomic mass is 35.5. The van der Waals surface area contributed by atoms with Gasteiger partial charge in [0, 0.05) is 41.0 Å². The van der Waals surface area contributed by atoms with Crippen LogP contribution in [-0.2, 0) is 11.3 Å². The van der Waals surface area contributed by atoms with Crippen molar-refractivity contribution < 1.29 is 9.90 Å². The first kappa shape index (κ1) is 16.1. The van der Waals surface area contributed by atoms with Crippen molar-refractivity contribution in [2.45, 2.75) is 20.4 Å². The summed E-state index contributed by atoms with van der Waals surface area (Å²) in [6, 6.07) is 3.58. The van der Waals surface area contributed by atoms with Crippen LogP contribution in [0, 0.1) is 6.92 Å². The lowest BCUT2D eigenvalue weighted by Gasteiger charge is -2.12. The molecule has 3 heterocycles. The van der Waals surface area contributed by atoms with E-state index in [4.69, 9.17) is 16.7 Å². The van der Waals surface area contributed by atoms with Crippen molar-refractivity contribution in [1.29, 1.82) is 0 Å². The van der Waals surface area contributed by atoms with Gasteiger partial charge >= 0.3 is 5.97 Å². The third-order valence-electron chi connectivity index (χ3n) is 3.72. The average molecular weight is 343 g/mol. The smallest absolute Gasteiger partial charge is 0.328 e. The lowest BCUT2D eigenvalue weighted by molar-refractivity contribution is -0.131. The number of carboxylic acids is 1. The number of carbonyl (C=O) groups is 1. The van der Waals surface area contributed by atoms with Crippen molar-refractivity contribution in [2.75, 3.05) is 0 Å². The molecule has 3 rings (SSSR count). The quantitative estimate of drug-likeness (QED) is 0.579. The fourth-order valence-corrected chi connectivity index (χ4v) is 2.85. The maximum Gasteiger partial charge on any atom is 0.328 e. The second-order valence-corrected chi connectivity index (χ2v) is 5.61. The maximum atomic E-state index is 10.9. The third kappa shape index (κ3) is 2.88. The van der Waals surface area contributed by atoms with E-state index in [-0.39, 0.29) is 0 Å². The summed E-state index contributed by atoms with van der Waals surface area (Å²) >= 11 is 6.04. The van der Waals surface area contributed by atoms with Crippen molar-refractivity contribution in [2.24, 2.45) is 0 Å². The van der Waals surface area contributed by atoms with Gasteiger partial charge in [-0.2, -0.15) is 5.10 Å². The summed E-state index contributed by atoms with van der Waals surface area (Å²) in [5.41, 5.74) is 3.89. The topological polar surface area (TPSA) is 80.9 Å². The number of fused-ring (bicyclic) bond motifs is 1. The molecular formula is C17H15ClN4O2. The van der Waals surface area contributed by atoms with E-state index in [1.165, 1.54) is 0 Å². The van der Waals surface area contributed by atoms with Crippen LogP contribution in [0.25, 0.3) is 28.2 Å². The van der Waals surface area contributed by atoms with Crippen LogP contribution in [0.5, 0.6) is 0 Å². The van der Waals surface area contributed by atoms with E-state index in [9.17, 15) is 4.79 Å². The Hall–Kier alpha value is -2.73. The molecule has 0 fully saturated rings. The first-order valence-corrected chi connectivity index (χ1v) is 7.78. The van der Waals surface area contributed by atoms with Gasteiger partial charge in [0.25, 0.3) is 0 Å². The highest BCUT2D eigenvalue weighted by Gasteiger charge is 2.16. The highest BCUT2D eigenvalue weighted by molar-refractivity contribution is 6.29. The standard InChI is InChI=1S/C17H15ClN4O2/c1-3-22-17-13(9-20-22)16(11-6-7-19-14(18)8-11)12(10(2)21-17)4-5-15(23)24/h4-9H,3H2,1-2H3,(H,23,24)/b5-4+. The van der Waals surface area contributed by atoms with Crippen molar-refractivity contribution >= 4 is 34.7 Å². The molecule has 24 heavy (non-hydrogen) atoms. The van der Waals surface area contributed by atoms with Crippen molar-refractivity contribution in [3.05, 3.63) is 47.0 Å². The molecule has 0 saturated heterocycles. The van der Waals surface area contributed by atoms with Crippen LogP contribution in [0.3, 0.4) is 0 Å². The number of aromatic nitrogens is 4. The number of carboxylic acid groups (broad SMARTS) is 1. The molecule has 3 aromatic heterocycles. The van der Waals surface area contributed by atoms with Crippen molar-refractivity contribution in [1.82, 2.24) is 19.7 Å². The van der Waals surface area contributed by atoms with Crippen molar-refractivity contribution in [3.8, 4) is 11.1 Å². The van der Waals surface area contributed by atoms with Gasteiger partial charge in [-0.3, -0.25) is 0 Å². The predicted octanol–water partition coefficient (Wildman–Crippen LogP) is 3.57. The summed E-state index contributed by atoms with van der Waals surface area (Å²) in [5.74, 6) is -1.02. The molecule has 0 radical (unpaired) electrons. The van der Waals surface area contributed by atoms with Crippen molar-refractivity contribution in [3.63, 3.8) is 0 Å². The van der Waals surface area contributed by atoms with Gasteiger partial charge in [-0.25, -0.2) is 19.4 Å². The highest BCUT2D eigenvalue weighted by Crippen LogP contribution is 2.34. The summed E-state index contributed by atoms with van der Waals surface area (Å²) in [4.78, 5) is 19.6. The van der Waals surface area contributed by atoms with Crippen LogP contribution in [-0.4, -0.2) is 30.8 Å². The molecule has 0 atom stereocenters. The molecule has 0 aliphatic rings. The zero-order valence-corrected chi connectivity index (χ0v) is 13.9. The fraction of sp³-hybridized carbons (Fsp3) is 0.176. The molecule has 122 valence electrons. The van der Waals surface area contributed by atoms with Gasteiger partial charge in [-0.15, -0.1) is 0 Å². The zero-order chi connectivity index (χ0) is 17.3. The molecule has 1 N–H and O–H groups in total. The second kappa shape index (κ2) is 6.41. The minimum Gasteiger partial charge on any atom is -0.478 e. The van der Waals surface area contributed by atoms with Crippen LogP contribution in [0.2, 0.25) is 5.15 Å². The predicted molar refractivity (Wildman–Crippen MR) is 92.8 cm³/mol. The Morgan fingerprint density at radius 2 is 2.25 bits per heavy atom. The minimum atomic E-state index is -1.02. The molecule has 7 heteroatoms. The van der Waals surface area contributed by atoms with E-state index in [1.54, 1.807) is 29.2 Å². The van der Waals surface area contributed by atoms with E-state index < -0.39 is 5.97 Å². The molecular weight excluding hydrogens is 328 g/mol. The van der Waals surface area contributed by atoms with E-state index >= 15 is 0 Å². The number of hydrogen-bond donors (Lipinski definition) is 1. The molecule has 0 saturated carbocycles. The van der Waals surface area contributed by atoms with Crippen LogP contribution >= 0.6 is 11.6 Å². The number of aliphatic carboxylic acids is 1. The van der Waals surface area contributed by atoms with Gasteiger partial charge in [0.05, 0.1) is 6.20 Å². The molecule has 0 bridgehead atoms. The first-order valence-electron chi connectivity index (χ1n) is 7.40. The molecule has 0 spiro atoms. The van der Waals surface area contributed by atoms with Crippen LogP contribution < -0.4 is 0 Å². The number of halogens is 1. The van der Waals surface area contributed by atoms with Gasteiger partial charge in [-0.05, 0) is 37.6 Å². The van der Waals surface area contributed by atoms with E-state index in [0.717, 1.165) is 39.5 Å². The lowest BCUT2D eigenvalue weighted by Crippen LogP contribution is -2.01. The van der Waals surface area contributed by atoms with E-state index in [1.807, 2.05) is 19.9 Å². The van der Waals surface area contributed by atoms with Gasteiger partial charge in [-0.1, -0.05) is 11.6 Å². The molecule has 0 aliphatic heterocycles. The summed E-state index contributed by atoms with van der Waals surface area (Å²) in [5, 5.41) is 14.5. The summed E-state index contributed by atoms with van der Waals surface area (Å²) in [7, 11) is 0. The molecule has 0 unspecified atom stereocenters. The number of nitrogens with zero attached hydrogens (tertiary/aromatic N) is 4. The Morgan fingerprint density at radius 3 is 2.92 bits per heavy atom. The number of aryl methyl sites for hydroxylation is 2. The van der Waals surface area contributed by atoms with Gasteiger partial charge in [0.15, 0.2) is 5.65 Å². The number of hydrogen-bond acceptors (Lipinski definition) is 4. The Bertz CT molecular complexity index is 963. The van der Waals surface area contributed by atoms with Crippen LogP contribution in [0.1, 0.15) is 18.2 Å². The molecule has 0 aromatic carbocycles. The van der Waals surface area contributed by atoms with Gasteiger partial charge in [0.2, 0.25) is 0 Å². The summed E-state index contributed by atoms with van der Waals surface area (Å²) in [6.07, 6.45) is 6.02. The van der Waals surface area contributed by atoms with E-state index in [0.29, 0.717) is 11.7 Å². The third-order valence-corrected chi connectivity index (χ3v) is 3.93. The summed E-state index contributed by atoms with van der Waals surface area (Å²) < 4.78 is 1.80. The largest absolute Gasteiger partial charge is 0.478 e. The Kier molecular flexibility index (Phi) is 4.31. The molecule has 0 aliphatic carbocycles. The number of rotatable bonds is 4. The Morgan fingerprint density at radius 1 is 1.46 bits per heavy atom. The SMILES string of the molecule is CCn1ncc2c(-c3ccnc(Cl)c3)c(/C=C/C(=O)O)c(C)nc21.